The van der Waals surface area contributed by atoms with Gasteiger partial charge in [0.25, 0.3) is 0 Å². The number of benzene rings is 2. The highest BCUT2D eigenvalue weighted by Crippen LogP contribution is 2.34. The Morgan fingerprint density at radius 2 is 1.44 bits per heavy atom. The largest absolute Gasteiger partial charge is 0.494 e. The van der Waals surface area contributed by atoms with Gasteiger partial charge in [0.05, 0.1) is 32.1 Å². The van der Waals surface area contributed by atoms with Crippen LogP contribution in [0.1, 0.15) is 38.1 Å². The van der Waals surface area contributed by atoms with Crippen molar-refractivity contribution in [3.05, 3.63) is 42.0 Å². The molecule has 0 saturated carbocycles. The Kier molecular flexibility index (Phi) is 8.75. The minimum Gasteiger partial charge on any atom is -0.494 e. The highest BCUT2D eigenvalue weighted by atomic mass is 16.6. The van der Waals surface area contributed by atoms with Gasteiger partial charge < -0.3 is 29.0 Å². The number of rotatable bonds is 10. The maximum absolute atomic E-state index is 12.8. The lowest BCUT2D eigenvalue weighted by molar-refractivity contribution is -0.123. The summed E-state index contributed by atoms with van der Waals surface area (Å²) < 4.78 is 26.9. The summed E-state index contributed by atoms with van der Waals surface area (Å²) in [5.41, 5.74) is -0.221. The van der Waals surface area contributed by atoms with E-state index in [0.29, 0.717) is 23.9 Å². The Balaban J connectivity index is 2.07. The lowest BCUT2D eigenvalue weighted by Gasteiger charge is -2.20. The van der Waals surface area contributed by atoms with Gasteiger partial charge in [0.2, 0.25) is 5.91 Å². The molecule has 0 aliphatic carbocycles. The van der Waals surface area contributed by atoms with E-state index in [0.717, 1.165) is 5.75 Å². The molecule has 0 radical (unpaired) electrons. The number of esters is 1. The average molecular weight is 446 g/mol. The molecule has 0 aliphatic heterocycles. The van der Waals surface area contributed by atoms with Crippen molar-refractivity contribution in [2.45, 2.75) is 27.7 Å². The second-order valence-electron chi connectivity index (χ2n) is 7.85. The third-order valence-corrected chi connectivity index (χ3v) is 4.39. The molecule has 0 saturated heterocycles. The van der Waals surface area contributed by atoms with Crippen LogP contribution in [0.15, 0.2) is 36.4 Å². The van der Waals surface area contributed by atoms with Crippen molar-refractivity contribution in [1.82, 2.24) is 0 Å². The average Bonchev–Trinajstić information content (AvgIpc) is 2.76. The third-order valence-electron chi connectivity index (χ3n) is 4.39. The van der Waals surface area contributed by atoms with E-state index in [2.05, 4.69) is 5.32 Å². The molecule has 2 rings (SSSR count). The van der Waals surface area contributed by atoms with Gasteiger partial charge in [0, 0.05) is 17.5 Å². The molecule has 0 unspecified atom stereocenters. The fraction of sp³-hybridized carbons (Fsp3) is 0.417. The molecule has 32 heavy (non-hydrogen) atoms. The Bertz CT molecular complexity index is 917. The summed E-state index contributed by atoms with van der Waals surface area (Å²) >= 11 is 0. The van der Waals surface area contributed by atoms with Crippen LogP contribution in [0, 0.1) is 5.41 Å². The number of carbonyl (C=O) groups is 2. The van der Waals surface area contributed by atoms with Gasteiger partial charge in [-0.3, -0.25) is 4.79 Å². The van der Waals surface area contributed by atoms with Crippen molar-refractivity contribution in [3.63, 3.8) is 0 Å². The quantitative estimate of drug-likeness (QED) is 0.430. The molecular weight excluding hydrogens is 414 g/mol. The molecule has 2 aromatic rings. The first-order valence-electron chi connectivity index (χ1n) is 10.3. The topological polar surface area (TPSA) is 92.3 Å². The molecule has 8 nitrogen and oxygen atoms in total. The first-order chi connectivity index (χ1) is 15.2. The second-order valence-corrected chi connectivity index (χ2v) is 7.85. The van der Waals surface area contributed by atoms with Crippen LogP contribution in [-0.2, 0) is 9.53 Å². The van der Waals surface area contributed by atoms with Gasteiger partial charge in [-0.25, -0.2) is 4.79 Å². The molecule has 0 fully saturated rings. The van der Waals surface area contributed by atoms with Crippen LogP contribution in [0.3, 0.4) is 0 Å². The highest BCUT2D eigenvalue weighted by Gasteiger charge is 2.25. The molecule has 2 aromatic carbocycles. The maximum Gasteiger partial charge on any atom is 0.340 e. The van der Waals surface area contributed by atoms with Crippen LogP contribution < -0.4 is 24.3 Å². The zero-order valence-electron chi connectivity index (χ0n) is 19.4. The first-order valence-corrected chi connectivity index (χ1v) is 10.3. The maximum atomic E-state index is 12.8. The summed E-state index contributed by atoms with van der Waals surface area (Å²) in [6.07, 6.45) is 0. The summed E-state index contributed by atoms with van der Waals surface area (Å²) in [5.74, 6) is 1.24. The van der Waals surface area contributed by atoms with E-state index >= 15 is 0 Å². The van der Waals surface area contributed by atoms with Gasteiger partial charge in [-0.1, -0.05) is 20.8 Å². The van der Waals surface area contributed by atoms with Crippen molar-refractivity contribution in [1.29, 1.82) is 0 Å². The Morgan fingerprint density at radius 3 is 1.97 bits per heavy atom. The molecule has 8 heteroatoms. The third kappa shape index (κ3) is 6.80. The van der Waals surface area contributed by atoms with Crippen molar-refractivity contribution in [3.8, 4) is 23.0 Å². The number of ether oxygens (including phenoxy) is 5. The van der Waals surface area contributed by atoms with Crippen LogP contribution in [0.4, 0.5) is 5.69 Å². The van der Waals surface area contributed by atoms with Crippen LogP contribution >= 0.6 is 0 Å². The predicted molar refractivity (Wildman–Crippen MR) is 121 cm³/mol. The van der Waals surface area contributed by atoms with Crippen molar-refractivity contribution < 1.29 is 33.3 Å². The van der Waals surface area contributed by atoms with Gasteiger partial charge in [-0.15, -0.1) is 0 Å². The van der Waals surface area contributed by atoms with Gasteiger partial charge >= 0.3 is 5.97 Å². The molecule has 1 N–H and O–H groups in total. The first kappa shape index (κ1) is 24.8. The number of methoxy groups -OCH3 is 2. The lowest BCUT2D eigenvalue weighted by atomic mass is 9.95. The van der Waals surface area contributed by atoms with E-state index in [-0.39, 0.29) is 30.4 Å². The number of hydrogen-bond acceptors (Lipinski definition) is 7. The second kappa shape index (κ2) is 11.3. The number of amides is 1. The minimum absolute atomic E-state index is 0.0209. The summed E-state index contributed by atoms with van der Waals surface area (Å²) in [5, 5.41) is 2.77. The summed E-state index contributed by atoms with van der Waals surface area (Å²) in [6, 6.07) is 10.2. The number of nitrogens with one attached hydrogen (secondary N) is 1. The molecule has 0 bridgehead atoms. The van der Waals surface area contributed by atoms with E-state index in [1.165, 1.54) is 26.4 Å². The van der Waals surface area contributed by atoms with Crippen LogP contribution in [0.2, 0.25) is 0 Å². The molecule has 0 aliphatic rings. The number of anilines is 1. The molecular formula is C24H31NO7. The van der Waals surface area contributed by atoms with Crippen LogP contribution in [0.5, 0.6) is 23.0 Å². The van der Waals surface area contributed by atoms with Gasteiger partial charge in [0.15, 0.2) is 11.5 Å². The van der Waals surface area contributed by atoms with E-state index in [1.54, 1.807) is 45.0 Å². The fourth-order valence-electron chi connectivity index (χ4n) is 2.63. The minimum atomic E-state index is -0.653. The molecule has 1 amide bonds. The number of hydrogen-bond donors (Lipinski definition) is 1. The molecule has 0 heterocycles. The Labute approximate surface area is 188 Å². The predicted octanol–water partition coefficient (Wildman–Crippen LogP) is 4.32. The monoisotopic (exact) mass is 445 g/mol. The van der Waals surface area contributed by atoms with Gasteiger partial charge in [0.1, 0.15) is 24.7 Å². The summed E-state index contributed by atoms with van der Waals surface area (Å²) in [7, 11) is 2.94. The van der Waals surface area contributed by atoms with Gasteiger partial charge in [-0.05, 0) is 31.2 Å². The van der Waals surface area contributed by atoms with E-state index in [9.17, 15) is 9.59 Å². The Hall–Kier alpha value is -3.42. The van der Waals surface area contributed by atoms with E-state index in [1.807, 2.05) is 6.92 Å². The standard InChI is InChI=1S/C24H31NO7/c1-7-30-16-8-10-17(11-9-16)31-12-13-32-22(26)18-14-20(28-5)21(29-6)15-19(18)25-23(27)24(2,3)4/h8-11,14-15H,7,12-13H2,1-6H3,(H,25,27). The molecule has 0 spiro atoms. The van der Waals surface area contributed by atoms with Crippen LogP contribution in [-0.4, -0.2) is 45.9 Å². The van der Waals surface area contributed by atoms with E-state index < -0.39 is 11.4 Å². The molecule has 0 aromatic heterocycles. The lowest BCUT2D eigenvalue weighted by Crippen LogP contribution is -2.28. The van der Waals surface area contributed by atoms with Crippen molar-refractivity contribution >= 4 is 17.6 Å². The smallest absolute Gasteiger partial charge is 0.340 e. The van der Waals surface area contributed by atoms with Crippen LogP contribution in [0.25, 0.3) is 0 Å². The Morgan fingerprint density at radius 1 is 0.875 bits per heavy atom. The number of carbonyl (C=O) groups excluding carboxylic acids is 2. The molecule has 174 valence electrons. The normalized spacial score (nSPS) is 10.8. The van der Waals surface area contributed by atoms with E-state index in [4.69, 9.17) is 23.7 Å². The van der Waals surface area contributed by atoms with Gasteiger partial charge in [-0.2, -0.15) is 0 Å². The van der Waals surface area contributed by atoms with Crippen molar-refractivity contribution in [2.75, 3.05) is 39.4 Å². The summed E-state index contributed by atoms with van der Waals surface area (Å²) in [6.45, 7) is 8.02. The highest BCUT2D eigenvalue weighted by molar-refractivity contribution is 6.03. The van der Waals surface area contributed by atoms with Crippen molar-refractivity contribution in [2.24, 2.45) is 5.41 Å². The molecule has 0 atom stereocenters. The summed E-state index contributed by atoms with van der Waals surface area (Å²) in [4.78, 5) is 25.2. The zero-order valence-corrected chi connectivity index (χ0v) is 19.4. The SMILES string of the molecule is CCOc1ccc(OCCOC(=O)c2cc(OC)c(OC)cc2NC(=O)C(C)(C)C)cc1. The zero-order chi connectivity index (χ0) is 23.7. The fourth-order valence-corrected chi connectivity index (χ4v) is 2.63.